The lowest BCUT2D eigenvalue weighted by molar-refractivity contribution is -0.0705. The first-order chi connectivity index (χ1) is 13.9. The number of phenolic OH excluding ortho intramolecular Hbond substituents is 2. The van der Waals surface area contributed by atoms with Gasteiger partial charge in [0.25, 0.3) is 0 Å². The van der Waals surface area contributed by atoms with E-state index in [1.165, 1.54) is 11.1 Å². The Balaban J connectivity index is 1.42. The average Bonchev–Trinajstić information content (AvgIpc) is 2.98. The molecule has 0 unspecified atom stereocenters. The summed E-state index contributed by atoms with van der Waals surface area (Å²) in [5.74, 6) is 2.33. The third-order valence-corrected chi connectivity index (χ3v) is 8.37. The topological polar surface area (TPSA) is 60.7 Å². The fourth-order valence-electron chi connectivity index (χ4n) is 6.71. The molecule has 0 aliphatic heterocycles. The van der Waals surface area contributed by atoms with Crippen molar-refractivity contribution < 1.29 is 15.3 Å². The van der Waals surface area contributed by atoms with E-state index in [2.05, 4.69) is 13.0 Å². The van der Waals surface area contributed by atoms with Crippen LogP contribution in [-0.4, -0.2) is 20.9 Å². The van der Waals surface area contributed by atoms with Crippen LogP contribution in [0.5, 0.6) is 11.5 Å². The van der Waals surface area contributed by atoms with Crippen LogP contribution in [0.15, 0.2) is 48.5 Å². The third kappa shape index (κ3) is 2.90. The highest BCUT2D eigenvalue weighted by atomic mass is 16.3. The number of rotatable bonds is 2. The number of phenols is 2. The summed E-state index contributed by atoms with van der Waals surface area (Å²) in [4.78, 5) is 0. The summed E-state index contributed by atoms with van der Waals surface area (Å²) >= 11 is 0. The van der Waals surface area contributed by atoms with Gasteiger partial charge in [-0.05, 0) is 97.2 Å². The van der Waals surface area contributed by atoms with Crippen molar-refractivity contribution in [3.8, 4) is 11.5 Å². The van der Waals surface area contributed by atoms with Crippen molar-refractivity contribution in [2.75, 3.05) is 0 Å². The van der Waals surface area contributed by atoms with Crippen LogP contribution in [0.3, 0.4) is 0 Å². The number of aromatic hydroxyl groups is 2. The van der Waals surface area contributed by atoms with E-state index in [0.717, 1.165) is 44.1 Å². The SMILES string of the molecule is C[C@]12CC[C@@H]3c4ccc(O)cc4CC[C@H]3[C@@H]1CC[C@@]2(O)/C=C\c1ccc(O)cc1. The van der Waals surface area contributed by atoms with Crippen LogP contribution >= 0.6 is 0 Å². The van der Waals surface area contributed by atoms with Crippen molar-refractivity contribution >= 4 is 6.08 Å². The summed E-state index contributed by atoms with van der Waals surface area (Å²) in [5, 5.41) is 31.1. The minimum Gasteiger partial charge on any atom is -0.508 e. The molecule has 0 aromatic heterocycles. The minimum absolute atomic E-state index is 0.101. The quantitative estimate of drug-likeness (QED) is 0.643. The second kappa shape index (κ2) is 6.63. The Morgan fingerprint density at radius 3 is 2.48 bits per heavy atom. The molecule has 3 aliphatic carbocycles. The molecule has 152 valence electrons. The first kappa shape index (κ1) is 18.7. The highest BCUT2D eigenvalue weighted by molar-refractivity contribution is 5.52. The Hall–Kier alpha value is -2.26. The van der Waals surface area contributed by atoms with Crippen LogP contribution in [0.4, 0.5) is 0 Å². The second-order valence-corrected chi connectivity index (χ2v) is 9.64. The maximum Gasteiger partial charge on any atom is 0.115 e. The molecule has 5 atom stereocenters. The Morgan fingerprint density at radius 2 is 1.69 bits per heavy atom. The molecule has 2 fully saturated rings. The molecule has 0 heterocycles. The van der Waals surface area contributed by atoms with Gasteiger partial charge in [0.05, 0.1) is 5.60 Å². The van der Waals surface area contributed by atoms with E-state index >= 15 is 0 Å². The van der Waals surface area contributed by atoms with Gasteiger partial charge < -0.3 is 15.3 Å². The monoisotopic (exact) mass is 390 g/mol. The molecule has 5 rings (SSSR count). The highest BCUT2D eigenvalue weighted by Crippen LogP contribution is 2.64. The van der Waals surface area contributed by atoms with E-state index in [1.807, 2.05) is 36.4 Å². The average molecular weight is 391 g/mol. The van der Waals surface area contributed by atoms with Crippen molar-refractivity contribution in [1.82, 2.24) is 0 Å². The Bertz CT molecular complexity index is 947. The number of aryl methyl sites for hydroxylation is 1. The maximum absolute atomic E-state index is 11.7. The van der Waals surface area contributed by atoms with Gasteiger partial charge in [0.2, 0.25) is 0 Å². The summed E-state index contributed by atoms with van der Waals surface area (Å²) in [7, 11) is 0. The summed E-state index contributed by atoms with van der Waals surface area (Å²) in [6, 6.07) is 13.1. The Kier molecular flexibility index (Phi) is 4.29. The predicted octanol–water partition coefficient (Wildman–Crippen LogP) is 5.40. The molecule has 3 nitrogen and oxygen atoms in total. The van der Waals surface area contributed by atoms with Gasteiger partial charge in [-0.1, -0.05) is 37.3 Å². The number of benzene rings is 2. The van der Waals surface area contributed by atoms with Crippen LogP contribution in [0, 0.1) is 17.3 Å². The number of aliphatic hydroxyl groups is 1. The maximum atomic E-state index is 11.7. The summed E-state index contributed by atoms with van der Waals surface area (Å²) < 4.78 is 0. The van der Waals surface area contributed by atoms with Crippen LogP contribution in [0.2, 0.25) is 0 Å². The zero-order chi connectivity index (χ0) is 20.2. The molecule has 0 radical (unpaired) electrons. The zero-order valence-corrected chi connectivity index (χ0v) is 17.0. The fourth-order valence-corrected chi connectivity index (χ4v) is 6.71. The molecular formula is C26H30O3. The van der Waals surface area contributed by atoms with Gasteiger partial charge in [0.15, 0.2) is 0 Å². The van der Waals surface area contributed by atoms with Crippen molar-refractivity contribution in [1.29, 1.82) is 0 Å². The Morgan fingerprint density at radius 1 is 0.931 bits per heavy atom. The van der Waals surface area contributed by atoms with Gasteiger partial charge in [-0.15, -0.1) is 0 Å². The molecule has 0 spiro atoms. The summed E-state index contributed by atoms with van der Waals surface area (Å²) in [5.41, 5.74) is 2.86. The third-order valence-electron chi connectivity index (χ3n) is 8.37. The molecule has 0 saturated heterocycles. The lowest BCUT2D eigenvalue weighted by atomic mass is 9.53. The lowest BCUT2D eigenvalue weighted by Gasteiger charge is -2.52. The van der Waals surface area contributed by atoms with Crippen molar-refractivity contribution in [3.63, 3.8) is 0 Å². The van der Waals surface area contributed by atoms with Gasteiger partial charge in [-0.25, -0.2) is 0 Å². The van der Waals surface area contributed by atoms with E-state index in [1.54, 1.807) is 12.1 Å². The predicted molar refractivity (Wildman–Crippen MR) is 115 cm³/mol. The summed E-state index contributed by atoms with van der Waals surface area (Å²) in [6.07, 6.45) is 10.2. The number of fused-ring (bicyclic) bond motifs is 5. The molecule has 0 amide bonds. The zero-order valence-electron chi connectivity index (χ0n) is 17.0. The van der Waals surface area contributed by atoms with Crippen molar-refractivity contribution in [2.45, 2.75) is 57.0 Å². The molecule has 2 saturated carbocycles. The molecule has 29 heavy (non-hydrogen) atoms. The van der Waals surface area contributed by atoms with Gasteiger partial charge in [-0.3, -0.25) is 0 Å². The van der Waals surface area contributed by atoms with Gasteiger partial charge in [-0.2, -0.15) is 0 Å². The number of hydrogen-bond acceptors (Lipinski definition) is 3. The molecular weight excluding hydrogens is 360 g/mol. The lowest BCUT2D eigenvalue weighted by Crippen LogP contribution is -2.49. The Labute approximate surface area is 172 Å². The number of hydrogen-bond donors (Lipinski definition) is 3. The highest BCUT2D eigenvalue weighted by Gasteiger charge is 2.60. The molecule has 2 aromatic rings. The van der Waals surface area contributed by atoms with E-state index in [0.29, 0.717) is 23.5 Å². The van der Waals surface area contributed by atoms with Crippen LogP contribution in [-0.2, 0) is 6.42 Å². The van der Waals surface area contributed by atoms with Gasteiger partial charge in [0.1, 0.15) is 11.5 Å². The van der Waals surface area contributed by atoms with Gasteiger partial charge in [0, 0.05) is 5.41 Å². The van der Waals surface area contributed by atoms with Crippen molar-refractivity contribution in [2.24, 2.45) is 17.3 Å². The molecule has 2 aromatic carbocycles. The first-order valence-corrected chi connectivity index (χ1v) is 10.9. The standard InChI is InChI=1S/C26H30O3/c1-25-13-11-22-21-9-7-20(28)16-18(21)4-8-23(22)24(25)12-15-26(25,29)14-10-17-2-5-19(27)6-3-17/h2-3,5-7,9-10,14,16,22-24,27-29H,4,8,11-13,15H2,1H3/b14-10-/t22-,23-,24+,25+,26+/m1/s1. The second-order valence-electron chi connectivity index (χ2n) is 9.64. The molecule has 0 bridgehead atoms. The molecule has 3 aliphatic rings. The van der Waals surface area contributed by atoms with E-state index in [9.17, 15) is 15.3 Å². The van der Waals surface area contributed by atoms with Gasteiger partial charge >= 0.3 is 0 Å². The largest absolute Gasteiger partial charge is 0.508 e. The summed E-state index contributed by atoms with van der Waals surface area (Å²) in [6.45, 7) is 2.30. The first-order valence-electron chi connectivity index (χ1n) is 10.9. The van der Waals surface area contributed by atoms with Crippen molar-refractivity contribution in [3.05, 3.63) is 65.2 Å². The van der Waals surface area contributed by atoms with Crippen LogP contribution in [0.1, 0.15) is 61.6 Å². The van der Waals surface area contributed by atoms with Crippen LogP contribution in [0.25, 0.3) is 6.08 Å². The molecule has 3 heteroatoms. The van der Waals surface area contributed by atoms with E-state index in [4.69, 9.17) is 0 Å². The smallest absolute Gasteiger partial charge is 0.115 e. The van der Waals surface area contributed by atoms with E-state index < -0.39 is 5.60 Å². The van der Waals surface area contributed by atoms with E-state index in [-0.39, 0.29) is 11.2 Å². The normalized spacial score (nSPS) is 35.9. The van der Waals surface area contributed by atoms with Crippen LogP contribution < -0.4 is 0 Å². The minimum atomic E-state index is -0.782. The fraction of sp³-hybridized carbons (Fsp3) is 0.462. The molecule has 3 N–H and O–H groups in total.